The Balaban J connectivity index is 1.80. The molecule has 14 heteroatoms. The predicted octanol–water partition coefficient (Wildman–Crippen LogP) is 7.55. The standard InChI is InChI=1S/C52H99NO13/c1-3-5-7-9-11-13-15-17-18-19-20-21-22-24-26-28-30-32-34-36-44(57)53-40(41(56)35-33-31-29-27-25-23-16-14-12-10-8-6-4-2)39-63-51-49(62)47(60)50(43(38-55)65-51)66-52-48(61)46(59)45(58)42(37-54)64-52/h33,35,40-43,45-52,54-56,58-62H,3-32,34,36-39H2,1-2H3,(H,53,57)/b35-33-/t40?,41?,42-,43-,45+,46+,47-,48-,49-,50+,51-,52-/m1/s1. The summed E-state index contributed by atoms with van der Waals surface area (Å²) < 4.78 is 22.7. The highest BCUT2D eigenvalue weighted by molar-refractivity contribution is 5.76. The summed E-state index contributed by atoms with van der Waals surface area (Å²) in [5.41, 5.74) is 0. The molecule has 66 heavy (non-hydrogen) atoms. The van der Waals surface area contributed by atoms with Crippen LogP contribution in [0.4, 0.5) is 0 Å². The number of hydrogen-bond donors (Lipinski definition) is 9. The van der Waals surface area contributed by atoms with Gasteiger partial charge in [-0.2, -0.15) is 0 Å². The van der Waals surface area contributed by atoms with Crippen LogP contribution in [0.3, 0.4) is 0 Å². The average molecular weight is 946 g/mol. The Bertz CT molecular complexity index is 1160. The minimum absolute atomic E-state index is 0.236. The van der Waals surface area contributed by atoms with Crippen LogP contribution in [-0.4, -0.2) is 140 Å². The summed E-state index contributed by atoms with van der Waals surface area (Å²) in [6, 6.07) is -0.907. The molecule has 14 nitrogen and oxygen atoms in total. The first-order valence-electron chi connectivity index (χ1n) is 26.9. The van der Waals surface area contributed by atoms with E-state index >= 15 is 0 Å². The van der Waals surface area contributed by atoms with Crippen LogP contribution in [0.5, 0.6) is 0 Å². The molecule has 390 valence electrons. The van der Waals surface area contributed by atoms with E-state index in [2.05, 4.69) is 19.2 Å². The van der Waals surface area contributed by atoms with Gasteiger partial charge in [0.1, 0.15) is 48.8 Å². The molecule has 0 saturated carbocycles. The summed E-state index contributed by atoms with van der Waals surface area (Å²) in [6.07, 6.45) is 25.3. The summed E-state index contributed by atoms with van der Waals surface area (Å²) in [5.74, 6) is -0.236. The Labute approximate surface area is 399 Å². The molecule has 0 aliphatic carbocycles. The predicted molar refractivity (Wildman–Crippen MR) is 259 cm³/mol. The molecule has 9 N–H and O–H groups in total. The average Bonchev–Trinajstić information content (AvgIpc) is 3.31. The van der Waals surface area contributed by atoms with Gasteiger partial charge in [-0.15, -0.1) is 0 Å². The van der Waals surface area contributed by atoms with Crippen molar-refractivity contribution in [2.75, 3.05) is 19.8 Å². The molecule has 0 bridgehead atoms. The van der Waals surface area contributed by atoms with Crippen molar-refractivity contribution in [2.24, 2.45) is 0 Å². The van der Waals surface area contributed by atoms with Crippen LogP contribution in [0, 0.1) is 0 Å². The minimum atomic E-state index is -1.78. The number of allylic oxidation sites excluding steroid dienone is 1. The van der Waals surface area contributed by atoms with E-state index < -0.39 is 86.8 Å². The largest absolute Gasteiger partial charge is 0.394 e. The fourth-order valence-corrected chi connectivity index (χ4v) is 9.06. The molecule has 0 radical (unpaired) electrons. The minimum Gasteiger partial charge on any atom is -0.394 e. The van der Waals surface area contributed by atoms with Gasteiger partial charge in [0.05, 0.1) is 32.0 Å². The van der Waals surface area contributed by atoms with Crippen molar-refractivity contribution in [1.29, 1.82) is 0 Å². The first-order chi connectivity index (χ1) is 32.1. The van der Waals surface area contributed by atoms with E-state index in [-0.39, 0.29) is 18.9 Å². The number of amides is 1. The van der Waals surface area contributed by atoms with Gasteiger partial charge in [0.15, 0.2) is 12.6 Å². The molecule has 2 heterocycles. The van der Waals surface area contributed by atoms with Gasteiger partial charge in [-0.25, -0.2) is 0 Å². The van der Waals surface area contributed by atoms with Crippen molar-refractivity contribution in [3.8, 4) is 0 Å². The Kier molecular flexibility index (Phi) is 36.4. The molecule has 2 aliphatic heterocycles. The highest BCUT2D eigenvalue weighted by atomic mass is 16.7. The maximum absolute atomic E-state index is 13.2. The molecular weight excluding hydrogens is 847 g/mol. The summed E-state index contributed by atoms with van der Waals surface area (Å²) in [5, 5.41) is 86.8. The number of unbranched alkanes of at least 4 members (excludes halogenated alkanes) is 29. The van der Waals surface area contributed by atoms with Gasteiger partial charge in [0.2, 0.25) is 5.91 Å². The van der Waals surface area contributed by atoms with E-state index in [0.29, 0.717) is 6.42 Å². The third-order valence-electron chi connectivity index (χ3n) is 13.5. The number of carbonyl (C=O) groups excluding carboxylic acids is 1. The highest BCUT2D eigenvalue weighted by Gasteiger charge is 2.51. The number of aliphatic hydroxyl groups is 8. The quantitative estimate of drug-likeness (QED) is 0.0213. The number of aliphatic hydroxyl groups excluding tert-OH is 8. The lowest BCUT2D eigenvalue weighted by molar-refractivity contribution is -0.359. The Morgan fingerprint density at radius 3 is 1.39 bits per heavy atom. The van der Waals surface area contributed by atoms with Crippen LogP contribution in [0.1, 0.15) is 219 Å². The van der Waals surface area contributed by atoms with Crippen LogP contribution >= 0.6 is 0 Å². The number of carbonyl (C=O) groups is 1. The molecule has 2 fully saturated rings. The lowest BCUT2D eigenvalue weighted by Gasteiger charge is -2.46. The molecule has 0 aromatic rings. The van der Waals surface area contributed by atoms with Crippen molar-refractivity contribution >= 4 is 5.91 Å². The van der Waals surface area contributed by atoms with Crippen LogP contribution in [0.25, 0.3) is 0 Å². The molecule has 2 rings (SSSR count). The second kappa shape index (κ2) is 39.5. The van der Waals surface area contributed by atoms with E-state index in [4.69, 9.17) is 18.9 Å². The van der Waals surface area contributed by atoms with Gasteiger partial charge in [0.25, 0.3) is 0 Å². The molecule has 0 spiro atoms. The van der Waals surface area contributed by atoms with Gasteiger partial charge >= 0.3 is 0 Å². The van der Waals surface area contributed by atoms with E-state index in [0.717, 1.165) is 38.5 Å². The highest BCUT2D eigenvalue weighted by Crippen LogP contribution is 2.30. The van der Waals surface area contributed by atoms with Crippen LogP contribution in [0.15, 0.2) is 12.2 Å². The monoisotopic (exact) mass is 946 g/mol. The zero-order valence-corrected chi connectivity index (χ0v) is 41.5. The van der Waals surface area contributed by atoms with Gasteiger partial charge in [-0.1, -0.05) is 206 Å². The smallest absolute Gasteiger partial charge is 0.220 e. The van der Waals surface area contributed by atoms with Gasteiger partial charge in [0, 0.05) is 6.42 Å². The first-order valence-corrected chi connectivity index (χ1v) is 26.9. The fraction of sp³-hybridized carbons (Fsp3) is 0.942. The van der Waals surface area contributed by atoms with Crippen LogP contribution in [-0.2, 0) is 23.7 Å². The van der Waals surface area contributed by atoms with Crippen molar-refractivity contribution in [1.82, 2.24) is 5.32 Å². The lowest BCUT2D eigenvalue weighted by Crippen LogP contribution is -2.65. The zero-order valence-electron chi connectivity index (χ0n) is 41.5. The molecule has 2 unspecified atom stereocenters. The summed E-state index contributed by atoms with van der Waals surface area (Å²) in [7, 11) is 0. The molecule has 2 saturated heterocycles. The number of ether oxygens (including phenoxy) is 4. The Hall–Kier alpha value is -1.27. The number of hydrogen-bond acceptors (Lipinski definition) is 13. The van der Waals surface area contributed by atoms with E-state index in [1.807, 2.05) is 6.08 Å². The van der Waals surface area contributed by atoms with Gasteiger partial charge < -0.3 is 65.1 Å². The number of nitrogens with one attached hydrogen (secondary N) is 1. The normalized spacial score (nSPS) is 26.8. The summed E-state index contributed by atoms with van der Waals surface area (Å²) in [6.45, 7) is 2.80. The molecule has 12 atom stereocenters. The van der Waals surface area contributed by atoms with Crippen LogP contribution in [0.2, 0.25) is 0 Å². The maximum Gasteiger partial charge on any atom is 0.220 e. The molecule has 2 aliphatic rings. The van der Waals surface area contributed by atoms with E-state index in [1.165, 1.54) is 154 Å². The van der Waals surface area contributed by atoms with E-state index in [1.54, 1.807) is 6.08 Å². The number of rotatable bonds is 42. The third-order valence-corrected chi connectivity index (χ3v) is 13.5. The zero-order chi connectivity index (χ0) is 48.2. The SMILES string of the molecule is CCCCCCCCCCCCC/C=C\C(O)C(CO[C@@H]1O[C@H](CO)[C@H](O[C@H]2O[C@H](CO)[C@H](O)[C@H](O)[C@H]2O)[C@H](O)[C@H]1O)NC(=O)CCCCCCCCCCCCCCCCCCCCC. The van der Waals surface area contributed by atoms with Crippen molar-refractivity contribution in [3.05, 3.63) is 12.2 Å². The topological polar surface area (TPSA) is 228 Å². The second-order valence-corrected chi connectivity index (χ2v) is 19.4. The van der Waals surface area contributed by atoms with Crippen molar-refractivity contribution < 1.29 is 64.6 Å². The van der Waals surface area contributed by atoms with E-state index in [9.17, 15) is 45.6 Å². The Morgan fingerprint density at radius 1 is 0.530 bits per heavy atom. The molecule has 0 aromatic heterocycles. The molecule has 1 amide bonds. The fourth-order valence-electron chi connectivity index (χ4n) is 9.06. The van der Waals surface area contributed by atoms with Gasteiger partial charge in [-0.05, 0) is 19.3 Å². The Morgan fingerprint density at radius 2 is 0.939 bits per heavy atom. The molecular formula is C52H99NO13. The summed E-state index contributed by atoms with van der Waals surface area (Å²) >= 11 is 0. The van der Waals surface area contributed by atoms with Crippen molar-refractivity contribution in [2.45, 2.75) is 293 Å². The molecule has 0 aromatic carbocycles. The van der Waals surface area contributed by atoms with Crippen LogP contribution < -0.4 is 5.32 Å². The first kappa shape index (κ1) is 60.9. The van der Waals surface area contributed by atoms with Crippen molar-refractivity contribution in [3.63, 3.8) is 0 Å². The second-order valence-electron chi connectivity index (χ2n) is 19.4. The van der Waals surface area contributed by atoms with Gasteiger partial charge in [-0.3, -0.25) is 4.79 Å². The summed E-state index contributed by atoms with van der Waals surface area (Å²) in [4.78, 5) is 13.2. The third kappa shape index (κ3) is 26.1. The lowest BCUT2D eigenvalue weighted by atomic mass is 9.97. The maximum atomic E-state index is 13.2.